The van der Waals surface area contributed by atoms with Crippen LogP contribution in [0.2, 0.25) is 0 Å². The van der Waals surface area contributed by atoms with Crippen LogP contribution in [-0.2, 0) is 4.79 Å². The first-order valence-corrected chi connectivity index (χ1v) is 6.68. The monoisotopic (exact) mass is 267 g/mol. The average molecular weight is 267 g/mol. The fourth-order valence-electron chi connectivity index (χ4n) is 2.64. The zero-order valence-electron chi connectivity index (χ0n) is 11.1. The molecule has 3 N–H and O–H groups in total. The van der Waals surface area contributed by atoms with Crippen molar-refractivity contribution in [1.82, 2.24) is 15.5 Å². The number of hydrogen-bond acceptors (Lipinski definition) is 3. The molecule has 1 aliphatic heterocycles. The van der Waals surface area contributed by atoms with Crippen molar-refractivity contribution in [2.45, 2.75) is 18.9 Å². The zero-order valence-corrected chi connectivity index (χ0v) is 11.1. The maximum absolute atomic E-state index is 11.7. The Morgan fingerprint density at radius 1 is 1.42 bits per heavy atom. The predicted molar refractivity (Wildman–Crippen MR) is 70.8 cm³/mol. The highest BCUT2D eigenvalue weighted by atomic mass is 16.4. The third-order valence-corrected chi connectivity index (χ3v) is 3.76. The summed E-state index contributed by atoms with van der Waals surface area (Å²) in [6.07, 6.45) is 4.94. The number of aliphatic carboxylic acids is 1. The van der Waals surface area contributed by atoms with Crippen LogP contribution in [0.5, 0.6) is 0 Å². The fraction of sp³-hybridized carbons (Fsp3) is 0.692. The summed E-state index contributed by atoms with van der Waals surface area (Å²) in [6.45, 7) is 2.78. The Morgan fingerprint density at radius 2 is 2.21 bits per heavy atom. The first-order chi connectivity index (χ1) is 9.04. The number of hydrogen-bond donors (Lipinski definition) is 3. The van der Waals surface area contributed by atoms with Crippen LogP contribution in [0.3, 0.4) is 0 Å². The van der Waals surface area contributed by atoms with Gasteiger partial charge >= 0.3 is 12.0 Å². The van der Waals surface area contributed by atoms with Gasteiger partial charge in [-0.25, -0.2) is 4.79 Å². The second-order valence-corrected chi connectivity index (χ2v) is 5.44. The second kappa shape index (κ2) is 6.06. The van der Waals surface area contributed by atoms with Gasteiger partial charge in [0, 0.05) is 13.1 Å². The van der Waals surface area contributed by atoms with Crippen LogP contribution in [0, 0.1) is 11.8 Å². The summed E-state index contributed by atoms with van der Waals surface area (Å²) in [5, 5.41) is 14.5. The molecule has 6 heteroatoms. The number of urea groups is 1. The Balaban J connectivity index is 1.65. The lowest BCUT2D eigenvalue weighted by atomic mass is 10.1. The summed E-state index contributed by atoms with van der Waals surface area (Å²) in [4.78, 5) is 24.7. The van der Waals surface area contributed by atoms with Crippen molar-refractivity contribution in [3.63, 3.8) is 0 Å². The Hall–Kier alpha value is -1.56. The zero-order chi connectivity index (χ0) is 13.8. The van der Waals surface area contributed by atoms with E-state index in [2.05, 4.69) is 22.6 Å². The lowest BCUT2D eigenvalue weighted by Gasteiger charge is -2.15. The van der Waals surface area contributed by atoms with E-state index in [1.165, 1.54) is 0 Å². The minimum Gasteiger partial charge on any atom is -0.481 e. The first kappa shape index (κ1) is 13.9. The third kappa shape index (κ3) is 3.96. The number of carboxylic acid groups (broad SMARTS) is 1. The lowest BCUT2D eigenvalue weighted by molar-refractivity contribution is -0.140. The molecule has 2 amide bonds. The van der Waals surface area contributed by atoms with E-state index < -0.39 is 11.9 Å². The number of rotatable bonds is 4. The summed E-state index contributed by atoms with van der Waals surface area (Å²) in [7, 11) is 2.08. The van der Waals surface area contributed by atoms with E-state index in [4.69, 9.17) is 5.11 Å². The van der Waals surface area contributed by atoms with Crippen molar-refractivity contribution in [2.24, 2.45) is 11.8 Å². The number of carbonyl (C=O) groups is 2. The highest BCUT2D eigenvalue weighted by Crippen LogP contribution is 2.18. The minimum atomic E-state index is -0.838. The molecule has 1 saturated heterocycles. The summed E-state index contributed by atoms with van der Waals surface area (Å²) in [5.74, 6) is -0.801. The SMILES string of the molecule is CN1CCC(CNC(=O)NC2C=CC(C(=O)O)C2)C1. The number of nitrogens with one attached hydrogen (secondary N) is 2. The van der Waals surface area contributed by atoms with Gasteiger partial charge in [-0.15, -0.1) is 0 Å². The minimum absolute atomic E-state index is 0.174. The number of carbonyl (C=O) groups excluding carboxylic acids is 1. The van der Waals surface area contributed by atoms with Crippen LogP contribution in [0.25, 0.3) is 0 Å². The first-order valence-electron chi connectivity index (χ1n) is 6.68. The summed E-state index contributed by atoms with van der Waals surface area (Å²) in [6, 6.07) is -0.386. The standard InChI is InChI=1S/C13H21N3O3/c1-16-5-4-9(8-16)7-14-13(19)15-11-3-2-10(6-11)12(17)18/h2-3,9-11H,4-8H2,1H3,(H,17,18)(H2,14,15,19). The molecule has 0 aromatic carbocycles. The number of amides is 2. The van der Waals surface area contributed by atoms with Crippen molar-refractivity contribution >= 4 is 12.0 Å². The topological polar surface area (TPSA) is 81.7 Å². The highest BCUT2D eigenvalue weighted by Gasteiger charge is 2.25. The van der Waals surface area contributed by atoms with Gasteiger partial charge in [-0.2, -0.15) is 0 Å². The number of nitrogens with zero attached hydrogens (tertiary/aromatic N) is 1. The molecule has 2 aliphatic rings. The molecule has 0 radical (unpaired) electrons. The van der Waals surface area contributed by atoms with Crippen LogP contribution in [0.1, 0.15) is 12.8 Å². The molecular formula is C13H21N3O3. The maximum Gasteiger partial charge on any atom is 0.315 e. The summed E-state index contributed by atoms with van der Waals surface area (Å²) >= 11 is 0. The Kier molecular flexibility index (Phi) is 4.42. The largest absolute Gasteiger partial charge is 0.481 e. The molecule has 1 heterocycles. The Labute approximate surface area is 112 Å². The van der Waals surface area contributed by atoms with Gasteiger partial charge in [-0.1, -0.05) is 12.2 Å². The normalized spacial score (nSPS) is 30.5. The molecule has 0 aromatic heterocycles. The second-order valence-electron chi connectivity index (χ2n) is 5.44. The van der Waals surface area contributed by atoms with Crippen LogP contribution < -0.4 is 10.6 Å². The smallest absolute Gasteiger partial charge is 0.315 e. The van der Waals surface area contributed by atoms with Crippen molar-refractivity contribution in [1.29, 1.82) is 0 Å². The molecule has 0 bridgehead atoms. The van der Waals surface area contributed by atoms with E-state index in [0.29, 0.717) is 18.9 Å². The molecule has 1 fully saturated rings. The Morgan fingerprint density at radius 3 is 2.79 bits per heavy atom. The molecular weight excluding hydrogens is 246 g/mol. The van der Waals surface area contributed by atoms with Gasteiger partial charge in [-0.3, -0.25) is 4.79 Å². The molecule has 19 heavy (non-hydrogen) atoms. The van der Waals surface area contributed by atoms with Gasteiger partial charge in [0.25, 0.3) is 0 Å². The van der Waals surface area contributed by atoms with Gasteiger partial charge in [0.15, 0.2) is 0 Å². The average Bonchev–Trinajstić information content (AvgIpc) is 2.96. The molecule has 3 unspecified atom stereocenters. The van der Waals surface area contributed by atoms with Crippen LogP contribution in [0.15, 0.2) is 12.2 Å². The molecule has 0 saturated carbocycles. The van der Waals surface area contributed by atoms with Crippen molar-refractivity contribution in [3.05, 3.63) is 12.2 Å². The van der Waals surface area contributed by atoms with Crippen molar-refractivity contribution in [3.8, 4) is 0 Å². The summed E-state index contributed by atoms with van der Waals surface area (Å²) < 4.78 is 0. The molecule has 0 aromatic rings. The van der Waals surface area contributed by atoms with Gasteiger partial charge in [0.2, 0.25) is 0 Å². The van der Waals surface area contributed by atoms with E-state index in [0.717, 1.165) is 19.5 Å². The fourth-order valence-corrected chi connectivity index (χ4v) is 2.64. The van der Waals surface area contributed by atoms with E-state index in [-0.39, 0.29) is 12.1 Å². The predicted octanol–water partition coefficient (Wildman–Crippen LogP) is 0.267. The van der Waals surface area contributed by atoms with Crippen molar-refractivity contribution < 1.29 is 14.7 Å². The van der Waals surface area contributed by atoms with E-state index >= 15 is 0 Å². The van der Waals surface area contributed by atoms with Crippen LogP contribution >= 0.6 is 0 Å². The van der Waals surface area contributed by atoms with E-state index in [1.807, 2.05) is 0 Å². The number of likely N-dealkylation sites (tertiary alicyclic amines) is 1. The molecule has 106 valence electrons. The maximum atomic E-state index is 11.7. The van der Waals surface area contributed by atoms with Gasteiger partial charge in [0.05, 0.1) is 12.0 Å². The lowest BCUT2D eigenvalue weighted by Crippen LogP contribution is -2.43. The quantitative estimate of drug-likeness (QED) is 0.638. The molecule has 1 aliphatic carbocycles. The number of carboxylic acids is 1. The van der Waals surface area contributed by atoms with Gasteiger partial charge in [0.1, 0.15) is 0 Å². The molecule has 3 atom stereocenters. The van der Waals surface area contributed by atoms with Gasteiger partial charge < -0.3 is 20.6 Å². The van der Waals surface area contributed by atoms with Crippen molar-refractivity contribution in [2.75, 3.05) is 26.7 Å². The van der Waals surface area contributed by atoms with E-state index in [1.54, 1.807) is 12.2 Å². The Bertz CT molecular complexity index is 383. The highest BCUT2D eigenvalue weighted by molar-refractivity contribution is 5.76. The van der Waals surface area contributed by atoms with Crippen LogP contribution in [0.4, 0.5) is 4.79 Å². The van der Waals surface area contributed by atoms with Crippen LogP contribution in [-0.4, -0.2) is 54.7 Å². The van der Waals surface area contributed by atoms with Gasteiger partial charge in [-0.05, 0) is 32.4 Å². The molecule has 0 spiro atoms. The summed E-state index contributed by atoms with van der Waals surface area (Å²) in [5.41, 5.74) is 0. The molecule has 2 rings (SSSR count). The molecule has 6 nitrogen and oxygen atoms in total. The third-order valence-electron chi connectivity index (χ3n) is 3.76. The van der Waals surface area contributed by atoms with E-state index in [9.17, 15) is 9.59 Å².